The minimum Gasteiger partial charge on any atom is -0.465 e. The van der Waals surface area contributed by atoms with Gasteiger partial charge in [-0.25, -0.2) is 4.79 Å². The van der Waals surface area contributed by atoms with Gasteiger partial charge in [-0.3, -0.25) is 14.6 Å². The lowest BCUT2D eigenvalue weighted by Crippen LogP contribution is -2.49. The smallest absolute Gasteiger partial charge is 0.337 e. The number of hydrogen-bond acceptors (Lipinski definition) is 5. The lowest BCUT2D eigenvalue weighted by atomic mass is 10.1. The number of piperazine rings is 1. The first-order valence-corrected chi connectivity index (χ1v) is 10.1. The molecule has 0 radical (unpaired) electrons. The van der Waals surface area contributed by atoms with Gasteiger partial charge in [0.15, 0.2) is 0 Å². The molecule has 1 amide bonds. The van der Waals surface area contributed by atoms with Gasteiger partial charge in [-0.05, 0) is 30.5 Å². The molecular formula is C21H31N3O3. The highest BCUT2D eigenvalue weighted by Crippen LogP contribution is 2.13. The van der Waals surface area contributed by atoms with Gasteiger partial charge >= 0.3 is 5.97 Å². The molecule has 1 aromatic carbocycles. The molecule has 1 aromatic rings. The Hall–Kier alpha value is -1.92. The van der Waals surface area contributed by atoms with Gasteiger partial charge in [-0.2, -0.15) is 0 Å². The van der Waals surface area contributed by atoms with Crippen molar-refractivity contribution in [2.75, 3.05) is 52.9 Å². The third kappa shape index (κ3) is 5.78. The third-order valence-corrected chi connectivity index (χ3v) is 5.56. The molecule has 2 aliphatic heterocycles. The fraction of sp³-hybridized carbons (Fsp3) is 0.619. The first-order chi connectivity index (χ1) is 13.2. The molecule has 2 saturated heterocycles. The summed E-state index contributed by atoms with van der Waals surface area (Å²) in [7, 11) is 1.40. The van der Waals surface area contributed by atoms with Crippen LogP contribution in [-0.2, 0) is 16.1 Å². The van der Waals surface area contributed by atoms with Crippen molar-refractivity contribution in [3.8, 4) is 0 Å². The summed E-state index contributed by atoms with van der Waals surface area (Å²) < 4.78 is 4.73. The highest BCUT2D eigenvalue weighted by molar-refractivity contribution is 5.89. The van der Waals surface area contributed by atoms with E-state index >= 15 is 0 Å². The number of nitrogens with zero attached hydrogens (tertiary/aromatic N) is 3. The Morgan fingerprint density at radius 2 is 1.44 bits per heavy atom. The van der Waals surface area contributed by atoms with Crippen LogP contribution in [0.1, 0.15) is 41.6 Å². The second-order valence-electron chi connectivity index (χ2n) is 7.54. The van der Waals surface area contributed by atoms with Crippen molar-refractivity contribution in [3.05, 3.63) is 35.4 Å². The number of esters is 1. The van der Waals surface area contributed by atoms with Gasteiger partial charge in [0.2, 0.25) is 5.91 Å². The molecule has 2 heterocycles. The maximum Gasteiger partial charge on any atom is 0.337 e. The van der Waals surface area contributed by atoms with Crippen LogP contribution in [0.5, 0.6) is 0 Å². The lowest BCUT2D eigenvalue weighted by Gasteiger charge is -2.35. The number of methoxy groups -OCH3 is 1. The van der Waals surface area contributed by atoms with Gasteiger partial charge in [0.25, 0.3) is 0 Å². The van der Waals surface area contributed by atoms with E-state index in [1.54, 1.807) is 0 Å². The van der Waals surface area contributed by atoms with Gasteiger partial charge in [-0.15, -0.1) is 0 Å². The summed E-state index contributed by atoms with van der Waals surface area (Å²) in [5.41, 5.74) is 1.77. The van der Waals surface area contributed by atoms with Crippen LogP contribution in [0, 0.1) is 0 Å². The highest BCUT2D eigenvalue weighted by Gasteiger charge is 2.22. The number of carbonyl (C=O) groups is 2. The Morgan fingerprint density at radius 1 is 0.852 bits per heavy atom. The zero-order valence-corrected chi connectivity index (χ0v) is 16.4. The molecule has 6 heteroatoms. The average Bonchev–Trinajstić information content (AvgIpc) is 2.99. The number of hydrogen-bond donors (Lipinski definition) is 0. The molecule has 0 unspecified atom stereocenters. The number of rotatable bonds is 5. The molecule has 0 saturated carbocycles. The molecule has 0 aliphatic carbocycles. The lowest BCUT2D eigenvalue weighted by molar-refractivity contribution is -0.132. The number of benzene rings is 1. The minimum absolute atomic E-state index is 0.295. The molecule has 3 rings (SSSR count). The van der Waals surface area contributed by atoms with E-state index in [1.807, 2.05) is 24.3 Å². The number of amides is 1. The molecule has 148 valence electrons. The van der Waals surface area contributed by atoms with E-state index in [4.69, 9.17) is 4.74 Å². The molecule has 6 nitrogen and oxygen atoms in total. The Bertz CT molecular complexity index is 616. The van der Waals surface area contributed by atoms with E-state index in [2.05, 4.69) is 14.7 Å². The van der Waals surface area contributed by atoms with E-state index < -0.39 is 0 Å². The molecule has 2 aliphatic rings. The second kappa shape index (κ2) is 9.85. The van der Waals surface area contributed by atoms with Gasteiger partial charge in [-0.1, -0.05) is 25.0 Å². The standard InChI is InChI=1S/C21H31N3O3/c1-27-21(26)19-8-6-18(7-9-19)16-22-12-14-23(15-13-22)17-20(25)24-10-4-2-3-5-11-24/h6-9H,2-5,10-17H2,1H3. The van der Waals surface area contributed by atoms with Crippen LogP contribution in [0.3, 0.4) is 0 Å². The molecule has 0 atom stereocenters. The Morgan fingerprint density at radius 3 is 2.04 bits per heavy atom. The Labute approximate surface area is 162 Å². The van der Waals surface area contributed by atoms with Crippen LogP contribution in [0.25, 0.3) is 0 Å². The van der Waals surface area contributed by atoms with Crippen LogP contribution in [-0.4, -0.2) is 79.5 Å². The van der Waals surface area contributed by atoms with Crippen LogP contribution in [0.15, 0.2) is 24.3 Å². The quantitative estimate of drug-likeness (QED) is 0.739. The van der Waals surface area contributed by atoms with Crippen molar-refractivity contribution in [2.45, 2.75) is 32.2 Å². The fourth-order valence-electron chi connectivity index (χ4n) is 3.84. The second-order valence-corrected chi connectivity index (χ2v) is 7.54. The van der Waals surface area contributed by atoms with E-state index in [0.717, 1.165) is 58.7 Å². The number of carbonyl (C=O) groups excluding carboxylic acids is 2. The topological polar surface area (TPSA) is 53.1 Å². The van der Waals surface area contributed by atoms with Crippen molar-refractivity contribution < 1.29 is 14.3 Å². The maximum absolute atomic E-state index is 12.5. The zero-order valence-electron chi connectivity index (χ0n) is 16.4. The van der Waals surface area contributed by atoms with Crippen molar-refractivity contribution in [1.29, 1.82) is 0 Å². The summed E-state index contributed by atoms with van der Waals surface area (Å²) in [6.45, 7) is 7.08. The summed E-state index contributed by atoms with van der Waals surface area (Å²) in [5, 5.41) is 0. The summed E-state index contributed by atoms with van der Waals surface area (Å²) in [6, 6.07) is 7.61. The molecule has 2 fully saturated rings. The van der Waals surface area contributed by atoms with E-state index in [9.17, 15) is 9.59 Å². The van der Waals surface area contributed by atoms with Gasteiger partial charge in [0.1, 0.15) is 0 Å². The average molecular weight is 373 g/mol. The monoisotopic (exact) mass is 373 g/mol. The predicted molar refractivity (Wildman–Crippen MR) is 105 cm³/mol. The van der Waals surface area contributed by atoms with Crippen LogP contribution >= 0.6 is 0 Å². The minimum atomic E-state index is -0.302. The van der Waals surface area contributed by atoms with Crippen LogP contribution in [0.4, 0.5) is 0 Å². The first-order valence-electron chi connectivity index (χ1n) is 10.1. The molecule has 0 N–H and O–H groups in total. The van der Waals surface area contributed by atoms with Crippen molar-refractivity contribution >= 4 is 11.9 Å². The van der Waals surface area contributed by atoms with Crippen molar-refractivity contribution in [1.82, 2.24) is 14.7 Å². The number of likely N-dealkylation sites (tertiary alicyclic amines) is 1. The summed E-state index contributed by atoms with van der Waals surface area (Å²) in [6.07, 6.45) is 4.80. The predicted octanol–water partition coefficient (Wildman–Crippen LogP) is 1.99. The van der Waals surface area contributed by atoms with E-state index in [0.29, 0.717) is 18.0 Å². The van der Waals surface area contributed by atoms with Crippen molar-refractivity contribution in [3.63, 3.8) is 0 Å². The van der Waals surface area contributed by atoms with Gasteiger partial charge in [0.05, 0.1) is 19.2 Å². The largest absolute Gasteiger partial charge is 0.465 e. The van der Waals surface area contributed by atoms with E-state index in [-0.39, 0.29) is 5.97 Å². The summed E-state index contributed by atoms with van der Waals surface area (Å²) in [5.74, 6) is -0.00649. The van der Waals surface area contributed by atoms with Crippen LogP contribution < -0.4 is 0 Å². The van der Waals surface area contributed by atoms with Gasteiger partial charge in [0, 0.05) is 45.8 Å². The van der Waals surface area contributed by atoms with Gasteiger partial charge < -0.3 is 9.64 Å². The first kappa shape index (κ1) is 19.8. The molecule has 0 aromatic heterocycles. The fourth-order valence-corrected chi connectivity index (χ4v) is 3.84. The van der Waals surface area contributed by atoms with E-state index in [1.165, 1.54) is 25.5 Å². The summed E-state index contributed by atoms with van der Waals surface area (Å²) >= 11 is 0. The zero-order chi connectivity index (χ0) is 19.1. The van der Waals surface area contributed by atoms with Crippen LogP contribution in [0.2, 0.25) is 0 Å². The maximum atomic E-state index is 12.5. The summed E-state index contributed by atoms with van der Waals surface area (Å²) in [4.78, 5) is 30.8. The Kier molecular flexibility index (Phi) is 7.24. The molecule has 27 heavy (non-hydrogen) atoms. The number of ether oxygens (including phenoxy) is 1. The van der Waals surface area contributed by atoms with Crippen molar-refractivity contribution in [2.24, 2.45) is 0 Å². The molecule has 0 spiro atoms. The third-order valence-electron chi connectivity index (χ3n) is 5.56. The SMILES string of the molecule is COC(=O)c1ccc(CN2CCN(CC(=O)N3CCCCCC3)CC2)cc1. The normalized spacial score (nSPS) is 19.5. The molecule has 0 bridgehead atoms. The highest BCUT2D eigenvalue weighted by atomic mass is 16.5. The Balaban J connectivity index is 1.42. The molecular weight excluding hydrogens is 342 g/mol.